The van der Waals surface area contributed by atoms with E-state index in [0.717, 1.165) is 6.42 Å². The SMILES string of the molecule is CCCOC(=O)[C@H]1[C@H]2C(=O)N(c3ccccc3OC)C[C@]23C=C[C@H]1O3. The van der Waals surface area contributed by atoms with E-state index < -0.39 is 17.4 Å². The van der Waals surface area contributed by atoms with E-state index in [0.29, 0.717) is 24.6 Å². The molecular weight excluding hydrogens is 322 g/mol. The summed E-state index contributed by atoms with van der Waals surface area (Å²) in [5.41, 5.74) is -0.0571. The van der Waals surface area contributed by atoms with Gasteiger partial charge in [0.2, 0.25) is 5.91 Å². The van der Waals surface area contributed by atoms with E-state index in [1.165, 1.54) is 0 Å². The van der Waals surface area contributed by atoms with Crippen LogP contribution in [0, 0.1) is 11.8 Å². The summed E-state index contributed by atoms with van der Waals surface area (Å²) in [4.78, 5) is 27.4. The third-order valence-corrected chi connectivity index (χ3v) is 5.20. The van der Waals surface area contributed by atoms with Gasteiger partial charge in [0.25, 0.3) is 0 Å². The van der Waals surface area contributed by atoms with Crippen molar-refractivity contribution in [2.24, 2.45) is 11.8 Å². The highest BCUT2D eigenvalue weighted by atomic mass is 16.6. The lowest BCUT2D eigenvalue weighted by Gasteiger charge is -2.23. The first-order chi connectivity index (χ1) is 12.1. The van der Waals surface area contributed by atoms with Crippen LogP contribution in [0.15, 0.2) is 36.4 Å². The Labute approximate surface area is 146 Å². The van der Waals surface area contributed by atoms with Crippen molar-refractivity contribution in [3.05, 3.63) is 36.4 Å². The van der Waals surface area contributed by atoms with Crippen LogP contribution in [0.25, 0.3) is 0 Å². The molecule has 25 heavy (non-hydrogen) atoms. The molecule has 4 atom stereocenters. The van der Waals surface area contributed by atoms with Crippen LogP contribution < -0.4 is 9.64 Å². The van der Waals surface area contributed by atoms with Crippen molar-refractivity contribution >= 4 is 17.6 Å². The highest BCUT2D eigenvalue weighted by molar-refractivity contribution is 6.03. The topological polar surface area (TPSA) is 65.1 Å². The zero-order valence-electron chi connectivity index (χ0n) is 14.3. The molecule has 0 aromatic heterocycles. The minimum Gasteiger partial charge on any atom is -0.495 e. The number of amides is 1. The van der Waals surface area contributed by atoms with Crippen LogP contribution in [0.1, 0.15) is 13.3 Å². The summed E-state index contributed by atoms with van der Waals surface area (Å²) in [5.74, 6) is -0.968. The maximum absolute atomic E-state index is 13.2. The predicted octanol–water partition coefficient (Wildman–Crippen LogP) is 1.93. The third-order valence-electron chi connectivity index (χ3n) is 5.20. The number of ether oxygens (including phenoxy) is 3. The number of carbonyl (C=O) groups excluding carboxylic acids is 2. The second-order valence-electron chi connectivity index (χ2n) is 6.66. The van der Waals surface area contributed by atoms with Gasteiger partial charge in [-0.2, -0.15) is 0 Å². The van der Waals surface area contributed by atoms with Crippen LogP contribution in [0.5, 0.6) is 5.75 Å². The summed E-state index contributed by atoms with van der Waals surface area (Å²) in [6, 6.07) is 7.37. The Balaban J connectivity index is 1.67. The van der Waals surface area contributed by atoms with Crippen molar-refractivity contribution in [1.29, 1.82) is 0 Å². The molecule has 0 unspecified atom stereocenters. The van der Waals surface area contributed by atoms with Crippen molar-refractivity contribution in [2.45, 2.75) is 25.0 Å². The first-order valence-corrected chi connectivity index (χ1v) is 8.59. The third kappa shape index (κ3) is 2.28. The summed E-state index contributed by atoms with van der Waals surface area (Å²) >= 11 is 0. The molecule has 2 saturated heterocycles. The molecule has 6 nitrogen and oxygen atoms in total. The smallest absolute Gasteiger partial charge is 0.312 e. The van der Waals surface area contributed by atoms with Gasteiger partial charge in [-0.15, -0.1) is 0 Å². The van der Waals surface area contributed by atoms with Gasteiger partial charge in [0, 0.05) is 0 Å². The van der Waals surface area contributed by atoms with Gasteiger partial charge < -0.3 is 19.1 Å². The Morgan fingerprint density at radius 3 is 2.96 bits per heavy atom. The van der Waals surface area contributed by atoms with E-state index in [4.69, 9.17) is 14.2 Å². The molecule has 0 radical (unpaired) electrons. The first kappa shape index (κ1) is 16.1. The lowest BCUT2D eigenvalue weighted by Crippen LogP contribution is -2.40. The standard InChI is InChI=1S/C19H21NO5/c1-3-10-24-18(22)15-14-8-9-19(25-14)11-20(17(21)16(15)19)12-6-4-5-7-13(12)23-2/h4-9,14-16H,3,10-11H2,1-2H3/t14-,15-,16+,19-/m1/s1. The Kier molecular flexibility index (Phi) is 3.80. The summed E-state index contributed by atoms with van der Waals surface area (Å²) in [6.45, 7) is 2.67. The summed E-state index contributed by atoms with van der Waals surface area (Å²) in [5, 5.41) is 0. The fraction of sp³-hybridized carbons (Fsp3) is 0.474. The number of rotatable bonds is 5. The molecule has 1 aromatic rings. The van der Waals surface area contributed by atoms with Gasteiger partial charge in [0.1, 0.15) is 17.3 Å². The first-order valence-electron chi connectivity index (χ1n) is 8.59. The van der Waals surface area contributed by atoms with E-state index in [1.54, 1.807) is 12.0 Å². The molecule has 1 spiro atoms. The molecule has 3 aliphatic rings. The van der Waals surface area contributed by atoms with Gasteiger partial charge in [0.05, 0.1) is 38.0 Å². The van der Waals surface area contributed by atoms with Gasteiger partial charge in [-0.05, 0) is 18.6 Å². The average Bonchev–Trinajstić information content (AvgIpc) is 3.28. The quantitative estimate of drug-likeness (QED) is 0.604. The minimum atomic E-state index is -0.751. The normalized spacial score (nSPS) is 32.2. The van der Waals surface area contributed by atoms with Crippen LogP contribution in [-0.2, 0) is 19.1 Å². The molecular formula is C19H21NO5. The van der Waals surface area contributed by atoms with E-state index in [-0.39, 0.29) is 18.0 Å². The van der Waals surface area contributed by atoms with Crippen molar-refractivity contribution in [2.75, 3.05) is 25.2 Å². The lowest BCUT2D eigenvalue weighted by molar-refractivity contribution is -0.152. The Morgan fingerprint density at radius 1 is 1.40 bits per heavy atom. The number of hydrogen-bond donors (Lipinski definition) is 0. The number of methoxy groups -OCH3 is 1. The largest absolute Gasteiger partial charge is 0.495 e. The Hall–Kier alpha value is -2.34. The molecule has 3 heterocycles. The molecule has 3 aliphatic heterocycles. The van der Waals surface area contributed by atoms with Crippen LogP contribution >= 0.6 is 0 Å². The number of esters is 1. The number of anilines is 1. The summed E-state index contributed by atoms with van der Waals surface area (Å²) < 4.78 is 16.8. The second kappa shape index (κ2) is 5.88. The highest BCUT2D eigenvalue weighted by Crippen LogP contribution is 2.53. The van der Waals surface area contributed by atoms with Gasteiger partial charge in [-0.1, -0.05) is 31.2 Å². The maximum Gasteiger partial charge on any atom is 0.312 e. The molecule has 0 N–H and O–H groups in total. The zero-order valence-corrected chi connectivity index (χ0v) is 14.3. The van der Waals surface area contributed by atoms with Crippen molar-refractivity contribution in [1.82, 2.24) is 0 Å². The molecule has 2 bridgehead atoms. The molecule has 6 heteroatoms. The van der Waals surface area contributed by atoms with Crippen LogP contribution in [0.3, 0.4) is 0 Å². The van der Waals surface area contributed by atoms with Crippen molar-refractivity contribution < 1.29 is 23.8 Å². The molecule has 1 aromatic carbocycles. The summed E-state index contributed by atoms with van der Waals surface area (Å²) in [6.07, 6.45) is 4.18. The lowest BCUT2D eigenvalue weighted by atomic mass is 9.77. The molecule has 2 fully saturated rings. The number of hydrogen-bond acceptors (Lipinski definition) is 5. The molecule has 0 saturated carbocycles. The number of para-hydroxylation sites is 2. The van der Waals surface area contributed by atoms with Gasteiger partial charge in [-0.25, -0.2) is 0 Å². The Morgan fingerprint density at radius 2 is 2.20 bits per heavy atom. The minimum absolute atomic E-state index is 0.116. The van der Waals surface area contributed by atoms with E-state index >= 15 is 0 Å². The predicted molar refractivity (Wildman–Crippen MR) is 90.3 cm³/mol. The van der Waals surface area contributed by atoms with E-state index in [1.807, 2.05) is 43.3 Å². The zero-order chi connectivity index (χ0) is 17.6. The van der Waals surface area contributed by atoms with Crippen LogP contribution in [0.4, 0.5) is 5.69 Å². The number of fused-ring (bicyclic) bond motifs is 1. The van der Waals surface area contributed by atoms with Crippen LogP contribution in [0.2, 0.25) is 0 Å². The second-order valence-corrected chi connectivity index (χ2v) is 6.66. The van der Waals surface area contributed by atoms with Gasteiger partial charge >= 0.3 is 5.97 Å². The van der Waals surface area contributed by atoms with Gasteiger partial charge in [-0.3, -0.25) is 9.59 Å². The number of benzene rings is 1. The number of carbonyl (C=O) groups is 2. The van der Waals surface area contributed by atoms with Crippen molar-refractivity contribution in [3.63, 3.8) is 0 Å². The molecule has 132 valence electrons. The fourth-order valence-corrected chi connectivity index (χ4v) is 4.12. The van der Waals surface area contributed by atoms with Crippen molar-refractivity contribution in [3.8, 4) is 5.75 Å². The van der Waals surface area contributed by atoms with Gasteiger partial charge in [0.15, 0.2) is 0 Å². The van der Waals surface area contributed by atoms with E-state index in [9.17, 15) is 9.59 Å². The number of nitrogens with zero attached hydrogens (tertiary/aromatic N) is 1. The fourth-order valence-electron chi connectivity index (χ4n) is 4.12. The van der Waals surface area contributed by atoms with E-state index in [2.05, 4.69) is 0 Å². The average molecular weight is 343 g/mol. The monoisotopic (exact) mass is 343 g/mol. The molecule has 0 aliphatic carbocycles. The maximum atomic E-state index is 13.2. The summed E-state index contributed by atoms with van der Waals surface area (Å²) in [7, 11) is 1.57. The Bertz CT molecular complexity index is 745. The highest BCUT2D eigenvalue weighted by Gasteiger charge is 2.67. The van der Waals surface area contributed by atoms with Crippen LogP contribution in [-0.4, -0.2) is 43.8 Å². The molecule has 4 rings (SSSR count). The molecule has 1 amide bonds.